The summed E-state index contributed by atoms with van der Waals surface area (Å²) >= 11 is 0. The van der Waals surface area contributed by atoms with E-state index in [-0.39, 0.29) is 5.91 Å². The third-order valence-corrected chi connectivity index (χ3v) is 3.04. The maximum Gasteiger partial charge on any atom is 0.219 e. The van der Waals surface area contributed by atoms with Crippen LogP contribution in [0.4, 0.5) is 0 Å². The van der Waals surface area contributed by atoms with E-state index in [1.54, 1.807) is 0 Å². The lowest BCUT2D eigenvalue weighted by Crippen LogP contribution is -2.40. The van der Waals surface area contributed by atoms with Crippen LogP contribution in [0, 0.1) is 0 Å². The Hall–Kier alpha value is -0.570. The number of carbonyl (C=O) groups is 1. The summed E-state index contributed by atoms with van der Waals surface area (Å²) < 4.78 is 0. The normalized spacial score (nSPS) is 29.2. The fourth-order valence-corrected chi connectivity index (χ4v) is 1.80. The van der Waals surface area contributed by atoms with Crippen LogP contribution in [0.15, 0.2) is 0 Å². The summed E-state index contributed by atoms with van der Waals surface area (Å²) in [5, 5.41) is 2.94. The van der Waals surface area contributed by atoms with Crippen LogP contribution in [0.5, 0.6) is 0 Å². The lowest BCUT2D eigenvalue weighted by atomic mass is 10.2. The Morgan fingerprint density at radius 3 is 2.69 bits per heavy atom. The Balaban J connectivity index is 2.26. The molecular weight excluding hydrogens is 164 g/mol. The van der Waals surface area contributed by atoms with Gasteiger partial charge in [0.1, 0.15) is 0 Å². The summed E-state index contributed by atoms with van der Waals surface area (Å²) in [5.74, 6) is 0.160. The van der Waals surface area contributed by atoms with Crippen LogP contribution >= 0.6 is 0 Å². The van der Waals surface area contributed by atoms with Crippen LogP contribution in [0.3, 0.4) is 0 Å². The molecule has 1 fully saturated rings. The summed E-state index contributed by atoms with van der Waals surface area (Å²) in [5.41, 5.74) is 0. The Kier molecular flexibility index (Phi) is 3.72. The standard InChI is InChI=1S/C10H20N2O/c1-4-10(13)11-7-9-6-5-8(2)12(9)3/h8-9H,4-7H2,1-3H3,(H,11,13)/t8-,9-/m0/s1. The van der Waals surface area contributed by atoms with Gasteiger partial charge in [-0.3, -0.25) is 9.69 Å². The molecule has 0 unspecified atom stereocenters. The maximum atomic E-state index is 11.0. The van der Waals surface area contributed by atoms with E-state index in [2.05, 4.69) is 24.2 Å². The summed E-state index contributed by atoms with van der Waals surface area (Å²) in [6, 6.07) is 1.22. The van der Waals surface area contributed by atoms with Gasteiger partial charge in [-0.2, -0.15) is 0 Å². The predicted octanol–water partition coefficient (Wildman–Crippen LogP) is 0.995. The monoisotopic (exact) mass is 184 g/mol. The van der Waals surface area contributed by atoms with Crippen molar-refractivity contribution in [3.8, 4) is 0 Å². The van der Waals surface area contributed by atoms with Gasteiger partial charge in [0.2, 0.25) is 5.91 Å². The summed E-state index contributed by atoms with van der Waals surface area (Å²) in [6.07, 6.45) is 3.05. The molecule has 13 heavy (non-hydrogen) atoms. The molecule has 1 saturated heterocycles. The number of amides is 1. The second kappa shape index (κ2) is 4.61. The average Bonchev–Trinajstić information content (AvgIpc) is 2.44. The highest BCUT2D eigenvalue weighted by molar-refractivity contribution is 5.75. The minimum absolute atomic E-state index is 0.160. The summed E-state index contributed by atoms with van der Waals surface area (Å²) in [6.45, 7) is 4.94. The molecule has 3 heteroatoms. The molecule has 0 saturated carbocycles. The SMILES string of the molecule is CCC(=O)NC[C@@H]1CC[C@H](C)N1C. The molecule has 0 aliphatic carbocycles. The second-order valence-corrected chi connectivity index (χ2v) is 3.90. The van der Waals surface area contributed by atoms with E-state index in [1.807, 2.05) is 6.92 Å². The molecule has 1 aliphatic rings. The quantitative estimate of drug-likeness (QED) is 0.709. The second-order valence-electron chi connectivity index (χ2n) is 3.90. The zero-order valence-electron chi connectivity index (χ0n) is 8.84. The molecule has 3 nitrogen and oxygen atoms in total. The Morgan fingerprint density at radius 2 is 2.23 bits per heavy atom. The summed E-state index contributed by atoms with van der Waals surface area (Å²) in [4.78, 5) is 13.4. The highest BCUT2D eigenvalue weighted by Gasteiger charge is 2.26. The van der Waals surface area contributed by atoms with Crippen LogP contribution in [0.2, 0.25) is 0 Å². The van der Waals surface area contributed by atoms with E-state index in [0.717, 1.165) is 6.54 Å². The molecule has 0 aromatic heterocycles. The van der Waals surface area contributed by atoms with Gasteiger partial charge in [0, 0.05) is 25.0 Å². The zero-order valence-corrected chi connectivity index (χ0v) is 8.84. The van der Waals surface area contributed by atoms with Gasteiger partial charge >= 0.3 is 0 Å². The van der Waals surface area contributed by atoms with E-state index in [0.29, 0.717) is 18.5 Å². The number of carbonyl (C=O) groups excluding carboxylic acids is 1. The minimum atomic E-state index is 0.160. The fourth-order valence-electron chi connectivity index (χ4n) is 1.80. The van der Waals surface area contributed by atoms with E-state index in [1.165, 1.54) is 12.8 Å². The predicted molar refractivity (Wildman–Crippen MR) is 53.5 cm³/mol. The zero-order chi connectivity index (χ0) is 9.84. The number of nitrogens with zero attached hydrogens (tertiary/aromatic N) is 1. The Bertz CT molecular complexity index is 182. The number of hydrogen-bond acceptors (Lipinski definition) is 2. The molecule has 0 bridgehead atoms. The molecule has 1 amide bonds. The first-order valence-electron chi connectivity index (χ1n) is 5.13. The van der Waals surface area contributed by atoms with E-state index < -0.39 is 0 Å². The van der Waals surface area contributed by atoms with Crippen molar-refractivity contribution in [3.05, 3.63) is 0 Å². The first kappa shape index (κ1) is 10.5. The van der Waals surface area contributed by atoms with Crippen molar-refractivity contribution in [1.82, 2.24) is 10.2 Å². The van der Waals surface area contributed by atoms with Crippen LogP contribution in [-0.2, 0) is 4.79 Å². The summed E-state index contributed by atoms with van der Waals surface area (Å²) in [7, 11) is 2.14. The molecule has 0 spiro atoms. The van der Waals surface area contributed by atoms with Crippen LogP contribution in [0.1, 0.15) is 33.1 Å². The molecule has 0 radical (unpaired) electrons. The third kappa shape index (κ3) is 2.69. The molecule has 2 atom stereocenters. The first-order chi connectivity index (χ1) is 6.15. The average molecular weight is 184 g/mol. The third-order valence-electron chi connectivity index (χ3n) is 3.04. The molecule has 1 aliphatic heterocycles. The van der Waals surface area contributed by atoms with Crippen molar-refractivity contribution in [3.63, 3.8) is 0 Å². The highest BCUT2D eigenvalue weighted by Crippen LogP contribution is 2.20. The molecule has 1 rings (SSSR count). The number of likely N-dealkylation sites (N-methyl/N-ethyl adjacent to an activating group) is 1. The smallest absolute Gasteiger partial charge is 0.219 e. The van der Waals surface area contributed by atoms with Gasteiger partial charge in [-0.1, -0.05) is 6.92 Å². The lowest BCUT2D eigenvalue weighted by Gasteiger charge is -2.23. The van der Waals surface area contributed by atoms with Crippen molar-refractivity contribution in [2.75, 3.05) is 13.6 Å². The minimum Gasteiger partial charge on any atom is -0.355 e. The topological polar surface area (TPSA) is 32.3 Å². The largest absolute Gasteiger partial charge is 0.355 e. The van der Waals surface area contributed by atoms with Crippen LogP contribution < -0.4 is 5.32 Å². The molecule has 1 N–H and O–H groups in total. The van der Waals surface area contributed by atoms with E-state index in [4.69, 9.17) is 0 Å². The fraction of sp³-hybridized carbons (Fsp3) is 0.900. The number of nitrogens with one attached hydrogen (secondary N) is 1. The van der Waals surface area contributed by atoms with Gasteiger partial charge in [-0.15, -0.1) is 0 Å². The molecule has 0 aromatic carbocycles. The van der Waals surface area contributed by atoms with Gasteiger partial charge < -0.3 is 5.32 Å². The highest BCUT2D eigenvalue weighted by atomic mass is 16.1. The van der Waals surface area contributed by atoms with Crippen molar-refractivity contribution < 1.29 is 4.79 Å². The van der Waals surface area contributed by atoms with Crippen LogP contribution in [0.25, 0.3) is 0 Å². The van der Waals surface area contributed by atoms with Crippen molar-refractivity contribution >= 4 is 5.91 Å². The number of likely N-dealkylation sites (tertiary alicyclic amines) is 1. The Labute approximate surface area is 80.5 Å². The first-order valence-corrected chi connectivity index (χ1v) is 5.13. The van der Waals surface area contributed by atoms with Crippen molar-refractivity contribution in [2.45, 2.75) is 45.2 Å². The van der Waals surface area contributed by atoms with Crippen molar-refractivity contribution in [1.29, 1.82) is 0 Å². The number of rotatable bonds is 3. The van der Waals surface area contributed by atoms with E-state index in [9.17, 15) is 4.79 Å². The molecule has 0 aromatic rings. The van der Waals surface area contributed by atoms with Gasteiger partial charge in [-0.05, 0) is 26.8 Å². The number of hydrogen-bond donors (Lipinski definition) is 1. The molecule has 1 heterocycles. The van der Waals surface area contributed by atoms with E-state index >= 15 is 0 Å². The van der Waals surface area contributed by atoms with Gasteiger partial charge in [-0.25, -0.2) is 0 Å². The van der Waals surface area contributed by atoms with Crippen molar-refractivity contribution in [2.24, 2.45) is 0 Å². The maximum absolute atomic E-state index is 11.0. The lowest BCUT2D eigenvalue weighted by molar-refractivity contribution is -0.120. The van der Waals surface area contributed by atoms with Gasteiger partial charge in [0.15, 0.2) is 0 Å². The van der Waals surface area contributed by atoms with Gasteiger partial charge in [0.25, 0.3) is 0 Å². The molecule has 76 valence electrons. The Morgan fingerprint density at radius 1 is 1.54 bits per heavy atom. The molecular formula is C10H20N2O. The van der Waals surface area contributed by atoms with Gasteiger partial charge in [0.05, 0.1) is 0 Å². The van der Waals surface area contributed by atoms with Crippen LogP contribution in [-0.4, -0.2) is 36.5 Å².